The molecule has 1 atom stereocenters. The molecule has 1 heterocycles. The van der Waals surface area contributed by atoms with E-state index in [9.17, 15) is 5.11 Å². The summed E-state index contributed by atoms with van der Waals surface area (Å²) in [6.45, 7) is 7.51. The van der Waals surface area contributed by atoms with Gasteiger partial charge < -0.3 is 15.7 Å². The maximum atomic E-state index is 10.8. The number of hydrogen-bond donors (Lipinski definition) is 3. The van der Waals surface area contributed by atoms with Crippen LogP contribution in [0.2, 0.25) is 0 Å². The Morgan fingerprint density at radius 1 is 1.13 bits per heavy atom. The smallest absolute Gasteiger partial charge is 0.191 e. The van der Waals surface area contributed by atoms with Gasteiger partial charge in [-0.25, -0.2) is 4.99 Å². The van der Waals surface area contributed by atoms with Crippen LogP contribution in [-0.2, 0) is 19.2 Å². The zero-order chi connectivity index (χ0) is 21.6. The highest BCUT2D eigenvalue weighted by Gasteiger charge is 2.24. The van der Waals surface area contributed by atoms with Crippen molar-refractivity contribution < 1.29 is 5.11 Å². The molecule has 0 saturated heterocycles. The van der Waals surface area contributed by atoms with E-state index in [-0.39, 0.29) is 24.0 Å². The zero-order valence-electron chi connectivity index (χ0n) is 18.6. The third-order valence-corrected chi connectivity index (χ3v) is 4.97. The first-order valence-electron chi connectivity index (χ1n) is 10.3. The Morgan fingerprint density at radius 2 is 1.84 bits per heavy atom. The lowest BCUT2D eigenvalue weighted by Crippen LogP contribution is -2.44. The van der Waals surface area contributed by atoms with E-state index in [1.54, 1.807) is 17.8 Å². The first-order valence-corrected chi connectivity index (χ1v) is 10.3. The van der Waals surface area contributed by atoms with Crippen molar-refractivity contribution >= 4 is 29.9 Å². The van der Waals surface area contributed by atoms with Gasteiger partial charge in [-0.1, -0.05) is 48.0 Å². The minimum atomic E-state index is -1.05. The molecule has 166 valence electrons. The van der Waals surface area contributed by atoms with E-state index >= 15 is 0 Å². The molecule has 3 N–H and O–H groups in total. The van der Waals surface area contributed by atoms with Crippen LogP contribution in [-0.4, -0.2) is 33.9 Å². The monoisotopic (exact) mass is 533 g/mol. The molecule has 0 aliphatic rings. The number of hydrogen-bond acceptors (Lipinski definition) is 3. The third kappa shape index (κ3) is 7.07. The molecule has 0 saturated carbocycles. The number of nitrogens with one attached hydrogen (secondary N) is 2. The maximum Gasteiger partial charge on any atom is 0.191 e. The van der Waals surface area contributed by atoms with E-state index in [0.717, 1.165) is 17.7 Å². The van der Waals surface area contributed by atoms with E-state index in [1.807, 2.05) is 20.2 Å². The van der Waals surface area contributed by atoms with Crippen LogP contribution in [0.15, 0.2) is 65.9 Å². The number of aromatic nitrogens is 2. The fourth-order valence-electron chi connectivity index (χ4n) is 3.24. The first-order chi connectivity index (χ1) is 14.4. The molecule has 1 aromatic heterocycles. The lowest BCUT2D eigenvalue weighted by Gasteiger charge is -2.23. The Balaban J connectivity index is 0.00000341. The minimum absolute atomic E-state index is 0. The van der Waals surface area contributed by atoms with Gasteiger partial charge in [-0.05, 0) is 43.5 Å². The maximum absolute atomic E-state index is 10.8. The predicted octanol–water partition coefficient (Wildman–Crippen LogP) is 3.98. The number of aliphatic hydroxyl groups is 1. The van der Waals surface area contributed by atoms with Crippen LogP contribution in [0.4, 0.5) is 0 Å². The van der Waals surface area contributed by atoms with Crippen molar-refractivity contribution in [1.29, 1.82) is 0 Å². The van der Waals surface area contributed by atoms with Gasteiger partial charge in [0, 0.05) is 25.4 Å². The SMILES string of the molecule is CCNC(=NCc1cccc(-c2cccc(C)c2)c1)NCC(C)(O)c1cnn(C)c1.I. The molecule has 0 spiro atoms. The Labute approximate surface area is 201 Å². The van der Waals surface area contributed by atoms with Crippen LogP contribution in [0, 0.1) is 6.92 Å². The topological polar surface area (TPSA) is 74.5 Å². The van der Waals surface area contributed by atoms with Crippen molar-refractivity contribution in [1.82, 2.24) is 20.4 Å². The number of rotatable bonds is 7. The number of aryl methyl sites for hydroxylation is 2. The molecular weight excluding hydrogens is 501 g/mol. The third-order valence-electron chi connectivity index (χ3n) is 4.97. The van der Waals surface area contributed by atoms with Crippen LogP contribution < -0.4 is 10.6 Å². The first kappa shape index (κ1) is 24.9. The van der Waals surface area contributed by atoms with Crippen molar-refractivity contribution in [2.24, 2.45) is 12.0 Å². The zero-order valence-corrected chi connectivity index (χ0v) is 20.9. The molecule has 2 aromatic carbocycles. The number of benzene rings is 2. The van der Waals surface area contributed by atoms with Gasteiger partial charge in [0.1, 0.15) is 5.60 Å². The molecule has 6 nitrogen and oxygen atoms in total. The van der Waals surface area contributed by atoms with Gasteiger partial charge in [0.05, 0.1) is 19.3 Å². The van der Waals surface area contributed by atoms with Gasteiger partial charge in [-0.3, -0.25) is 4.68 Å². The van der Waals surface area contributed by atoms with Crippen molar-refractivity contribution in [3.63, 3.8) is 0 Å². The molecule has 0 aliphatic carbocycles. The molecule has 0 fully saturated rings. The van der Waals surface area contributed by atoms with E-state index in [0.29, 0.717) is 19.0 Å². The van der Waals surface area contributed by atoms with Crippen LogP contribution >= 0.6 is 24.0 Å². The van der Waals surface area contributed by atoms with E-state index in [4.69, 9.17) is 4.99 Å². The van der Waals surface area contributed by atoms with Gasteiger partial charge >= 0.3 is 0 Å². The van der Waals surface area contributed by atoms with Gasteiger partial charge in [-0.15, -0.1) is 24.0 Å². The second-order valence-corrected chi connectivity index (χ2v) is 7.80. The summed E-state index contributed by atoms with van der Waals surface area (Å²) in [6, 6.07) is 16.9. The van der Waals surface area contributed by atoms with Gasteiger partial charge in [0.15, 0.2) is 5.96 Å². The average molecular weight is 533 g/mol. The number of nitrogens with zero attached hydrogens (tertiary/aromatic N) is 3. The molecule has 0 amide bonds. The van der Waals surface area contributed by atoms with E-state index in [1.165, 1.54) is 16.7 Å². The second kappa shape index (κ2) is 11.3. The fraction of sp³-hybridized carbons (Fsp3) is 0.333. The Morgan fingerprint density at radius 3 is 2.48 bits per heavy atom. The quantitative estimate of drug-likeness (QED) is 0.244. The molecule has 0 aliphatic heterocycles. The summed E-state index contributed by atoms with van der Waals surface area (Å²) in [5, 5.41) is 21.4. The molecule has 3 rings (SSSR count). The molecule has 7 heteroatoms. The standard InChI is InChI=1S/C24H31N5O.HI/c1-5-25-23(27-17-24(3,30)22-15-28-29(4)16-22)26-14-19-9-7-11-21(13-19)20-10-6-8-18(2)12-20;/h6-13,15-16,30H,5,14,17H2,1-4H3,(H2,25,26,27);1H. The summed E-state index contributed by atoms with van der Waals surface area (Å²) in [5.41, 5.74) is 4.48. The van der Waals surface area contributed by atoms with Gasteiger partial charge in [0.25, 0.3) is 0 Å². The van der Waals surface area contributed by atoms with Crippen LogP contribution in [0.5, 0.6) is 0 Å². The van der Waals surface area contributed by atoms with Crippen molar-refractivity contribution in [3.05, 3.63) is 77.6 Å². The van der Waals surface area contributed by atoms with Crippen molar-refractivity contribution in [2.45, 2.75) is 32.9 Å². The summed E-state index contributed by atoms with van der Waals surface area (Å²) < 4.78 is 1.68. The predicted molar refractivity (Wildman–Crippen MR) is 138 cm³/mol. The second-order valence-electron chi connectivity index (χ2n) is 7.80. The Kier molecular flexibility index (Phi) is 9.06. The highest BCUT2D eigenvalue weighted by molar-refractivity contribution is 14.0. The van der Waals surface area contributed by atoms with Crippen molar-refractivity contribution in [2.75, 3.05) is 13.1 Å². The van der Waals surface area contributed by atoms with Crippen LogP contribution in [0.3, 0.4) is 0 Å². The summed E-state index contributed by atoms with van der Waals surface area (Å²) in [4.78, 5) is 4.70. The normalized spacial score (nSPS) is 13.3. The number of halogens is 1. The number of aliphatic imine (C=N–C) groups is 1. The van der Waals surface area contributed by atoms with E-state index < -0.39 is 5.60 Å². The number of guanidine groups is 1. The highest BCUT2D eigenvalue weighted by atomic mass is 127. The lowest BCUT2D eigenvalue weighted by atomic mass is 10.00. The summed E-state index contributed by atoms with van der Waals surface area (Å²) in [6.07, 6.45) is 3.51. The van der Waals surface area contributed by atoms with Crippen LogP contribution in [0.25, 0.3) is 11.1 Å². The molecule has 0 bridgehead atoms. The Hall–Kier alpha value is -2.39. The van der Waals surface area contributed by atoms with Crippen molar-refractivity contribution in [3.8, 4) is 11.1 Å². The largest absolute Gasteiger partial charge is 0.383 e. The summed E-state index contributed by atoms with van der Waals surface area (Å²) in [7, 11) is 1.84. The fourth-order valence-corrected chi connectivity index (χ4v) is 3.24. The average Bonchev–Trinajstić information content (AvgIpc) is 3.18. The van der Waals surface area contributed by atoms with Gasteiger partial charge in [-0.2, -0.15) is 5.10 Å². The Bertz CT molecular complexity index is 1010. The molecule has 3 aromatic rings. The van der Waals surface area contributed by atoms with Gasteiger partial charge in [0.2, 0.25) is 0 Å². The summed E-state index contributed by atoms with van der Waals surface area (Å²) >= 11 is 0. The minimum Gasteiger partial charge on any atom is -0.383 e. The van der Waals surface area contributed by atoms with E-state index in [2.05, 4.69) is 71.2 Å². The molecule has 1 unspecified atom stereocenters. The molecule has 0 radical (unpaired) electrons. The lowest BCUT2D eigenvalue weighted by molar-refractivity contribution is 0.0616. The molecular formula is C24H32IN5O. The molecule has 31 heavy (non-hydrogen) atoms. The highest BCUT2D eigenvalue weighted by Crippen LogP contribution is 2.22. The summed E-state index contributed by atoms with van der Waals surface area (Å²) in [5.74, 6) is 0.669. The van der Waals surface area contributed by atoms with Crippen LogP contribution in [0.1, 0.15) is 30.5 Å².